The molecule has 0 radical (unpaired) electrons. The summed E-state index contributed by atoms with van der Waals surface area (Å²) >= 11 is 14.7. The predicted molar refractivity (Wildman–Crippen MR) is 81.4 cm³/mol. The Balaban J connectivity index is 2.41. The molecule has 10 heteroatoms. The monoisotopic (exact) mass is 396 g/mol. The molecule has 0 aliphatic rings. The molecule has 6 nitrogen and oxygen atoms in total. The quantitative estimate of drug-likeness (QED) is 0.612. The van der Waals surface area contributed by atoms with Gasteiger partial charge in [-0.25, -0.2) is 18.4 Å². The van der Waals surface area contributed by atoms with Crippen LogP contribution in [0.15, 0.2) is 33.9 Å². The van der Waals surface area contributed by atoms with E-state index in [0.717, 1.165) is 6.33 Å². The van der Waals surface area contributed by atoms with E-state index in [0.29, 0.717) is 10.2 Å². The zero-order valence-corrected chi connectivity index (χ0v) is 13.6. The van der Waals surface area contributed by atoms with Crippen LogP contribution in [0, 0.1) is 0 Å². The minimum absolute atomic E-state index is 0.00405. The molecule has 0 atom stereocenters. The van der Waals surface area contributed by atoms with Crippen molar-refractivity contribution >= 4 is 60.7 Å². The highest BCUT2D eigenvalue weighted by Gasteiger charge is 2.18. The van der Waals surface area contributed by atoms with Gasteiger partial charge in [-0.05, 0) is 34.1 Å². The predicted octanol–water partition coefficient (Wildman–Crippen LogP) is 2.93. The van der Waals surface area contributed by atoms with Crippen molar-refractivity contribution in [3.8, 4) is 0 Å². The van der Waals surface area contributed by atoms with E-state index in [1.807, 2.05) is 0 Å². The maximum Gasteiger partial charge on any atom is 0.263 e. The number of anilines is 2. The van der Waals surface area contributed by atoms with Gasteiger partial charge in [-0.2, -0.15) is 0 Å². The zero-order chi connectivity index (χ0) is 14.9. The number of nitrogen functional groups attached to an aromatic ring is 1. The van der Waals surface area contributed by atoms with Crippen molar-refractivity contribution in [1.29, 1.82) is 0 Å². The largest absolute Gasteiger partial charge is 0.398 e. The number of hydrogen-bond acceptors (Lipinski definition) is 5. The van der Waals surface area contributed by atoms with Gasteiger partial charge in [0.1, 0.15) is 11.3 Å². The van der Waals surface area contributed by atoms with Crippen LogP contribution in [0.5, 0.6) is 0 Å². The molecule has 0 bridgehead atoms. The fourth-order valence-electron chi connectivity index (χ4n) is 1.28. The van der Waals surface area contributed by atoms with Crippen LogP contribution < -0.4 is 10.5 Å². The fourth-order valence-corrected chi connectivity index (χ4v) is 3.19. The van der Waals surface area contributed by atoms with E-state index in [9.17, 15) is 8.42 Å². The molecule has 0 aliphatic carbocycles. The Labute approximate surface area is 133 Å². The third kappa shape index (κ3) is 3.14. The fraction of sp³-hybridized carbons (Fsp3) is 0. The molecule has 1 heterocycles. The van der Waals surface area contributed by atoms with Crippen molar-refractivity contribution in [3.05, 3.63) is 39.2 Å². The molecule has 2 aromatic rings. The van der Waals surface area contributed by atoms with Gasteiger partial charge >= 0.3 is 0 Å². The number of halogens is 3. The van der Waals surface area contributed by atoms with Crippen LogP contribution in [0.4, 0.5) is 11.5 Å². The van der Waals surface area contributed by atoms with E-state index >= 15 is 0 Å². The average molecular weight is 398 g/mol. The second-order valence-electron chi connectivity index (χ2n) is 3.62. The molecule has 0 amide bonds. The standard InChI is InChI=1S/C10H7BrCl2N4O2S/c11-6-3-5(1-2-7(6)14)20(18,19)17-10-8(12)9(13)15-4-16-10/h1-4H,14H2,(H,15,16,17). The maximum absolute atomic E-state index is 12.2. The molecule has 0 fully saturated rings. The summed E-state index contributed by atoms with van der Waals surface area (Å²) < 4.78 is 27.1. The van der Waals surface area contributed by atoms with E-state index in [-0.39, 0.29) is 20.9 Å². The molecule has 1 aromatic heterocycles. The second-order valence-corrected chi connectivity index (χ2v) is 6.89. The maximum atomic E-state index is 12.2. The molecular formula is C10H7BrCl2N4O2S. The smallest absolute Gasteiger partial charge is 0.263 e. The van der Waals surface area contributed by atoms with Gasteiger partial charge in [0, 0.05) is 10.2 Å². The summed E-state index contributed by atoms with van der Waals surface area (Å²) in [5.41, 5.74) is 6.03. The lowest BCUT2D eigenvalue weighted by molar-refractivity contribution is 0.601. The second kappa shape index (κ2) is 5.72. The van der Waals surface area contributed by atoms with Crippen LogP contribution in [-0.4, -0.2) is 18.4 Å². The van der Waals surface area contributed by atoms with E-state index in [2.05, 4.69) is 30.6 Å². The molecule has 2 rings (SSSR count). The number of rotatable bonds is 3. The zero-order valence-electron chi connectivity index (χ0n) is 9.64. The van der Waals surface area contributed by atoms with Crippen molar-refractivity contribution in [2.45, 2.75) is 4.90 Å². The lowest BCUT2D eigenvalue weighted by Gasteiger charge is -2.09. The summed E-state index contributed by atoms with van der Waals surface area (Å²) in [6.07, 6.45) is 1.10. The third-order valence-corrected chi connectivity index (χ3v) is 5.02. The van der Waals surface area contributed by atoms with Crippen LogP contribution in [0.3, 0.4) is 0 Å². The number of nitrogens with two attached hydrogens (primary N) is 1. The van der Waals surface area contributed by atoms with Gasteiger partial charge in [-0.1, -0.05) is 23.2 Å². The van der Waals surface area contributed by atoms with Crippen molar-refractivity contribution in [2.24, 2.45) is 0 Å². The topological polar surface area (TPSA) is 98.0 Å². The summed E-state index contributed by atoms with van der Waals surface area (Å²) in [6.45, 7) is 0. The molecular weight excluding hydrogens is 391 g/mol. The van der Waals surface area contributed by atoms with Gasteiger partial charge in [0.15, 0.2) is 11.0 Å². The molecule has 1 aromatic carbocycles. The first-order valence-electron chi connectivity index (χ1n) is 5.05. The van der Waals surface area contributed by atoms with Crippen molar-refractivity contribution in [2.75, 3.05) is 10.5 Å². The van der Waals surface area contributed by atoms with E-state index in [1.165, 1.54) is 18.2 Å². The molecule has 0 saturated heterocycles. The highest BCUT2D eigenvalue weighted by Crippen LogP contribution is 2.28. The van der Waals surface area contributed by atoms with Gasteiger partial charge in [0.2, 0.25) is 0 Å². The first-order chi connectivity index (χ1) is 9.31. The average Bonchev–Trinajstić information content (AvgIpc) is 2.38. The molecule has 0 saturated carbocycles. The Bertz CT molecular complexity index is 770. The molecule has 3 N–H and O–H groups in total. The molecule has 0 spiro atoms. The van der Waals surface area contributed by atoms with Gasteiger partial charge in [0.25, 0.3) is 10.0 Å². The molecule has 0 unspecified atom stereocenters. The Hall–Kier alpha value is -1.09. The summed E-state index contributed by atoms with van der Waals surface area (Å²) in [5, 5.41) is -0.120. The lowest BCUT2D eigenvalue weighted by atomic mass is 10.3. The number of nitrogens with one attached hydrogen (secondary N) is 1. The van der Waals surface area contributed by atoms with Gasteiger partial charge < -0.3 is 5.73 Å². The number of sulfonamides is 1. The van der Waals surface area contributed by atoms with Gasteiger partial charge in [0.05, 0.1) is 4.90 Å². The minimum atomic E-state index is -3.86. The van der Waals surface area contributed by atoms with Gasteiger partial charge in [-0.15, -0.1) is 0 Å². The Morgan fingerprint density at radius 1 is 1.25 bits per heavy atom. The number of aromatic nitrogens is 2. The Morgan fingerprint density at radius 2 is 1.95 bits per heavy atom. The van der Waals surface area contributed by atoms with Crippen LogP contribution >= 0.6 is 39.1 Å². The summed E-state index contributed by atoms with van der Waals surface area (Å²) in [7, 11) is -3.86. The summed E-state index contributed by atoms with van der Waals surface area (Å²) in [4.78, 5) is 7.37. The highest BCUT2D eigenvalue weighted by atomic mass is 79.9. The summed E-state index contributed by atoms with van der Waals surface area (Å²) in [6, 6.07) is 4.20. The summed E-state index contributed by atoms with van der Waals surface area (Å²) in [5.74, 6) is -0.0976. The number of benzene rings is 1. The minimum Gasteiger partial charge on any atom is -0.398 e. The normalized spacial score (nSPS) is 11.3. The van der Waals surface area contributed by atoms with Crippen LogP contribution in [0.1, 0.15) is 0 Å². The first kappa shape index (κ1) is 15.3. The van der Waals surface area contributed by atoms with Crippen molar-refractivity contribution < 1.29 is 8.42 Å². The van der Waals surface area contributed by atoms with Gasteiger partial charge in [-0.3, -0.25) is 4.72 Å². The highest BCUT2D eigenvalue weighted by molar-refractivity contribution is 9.10. The van der Waals surface area contributed by atoms with E-state index in [1.54, 1.807) is 0 Å². The van der Waals surface area contributed by atoms with Crippen LogP contribution in [0.2, 0.25) is 10.2 Å². The van der Waals surface area contributed by atoms with E-state index in [4.69, 9.17) is 28.9 Å². The molecule has 106 valence electrons. The van der Waals surface area contributed by atoms with E-state index < -0.39 is 10.0 Å². The SMILES string of the molecule is Nc1ccc(S(=O)(=O)Nc2ncnc(Cl)c2Cl)cc1Br. The van der Waals surface area contributed by atoms with Crippen molar-refractivity contribution in [1.82, 2.24) is 9.97 Å². The third-order valence-electron chi connectivity index (χ3n) is 2.26. The van der Waals surface area contributed by atoms with Crippen LogP contribution in [-0.2, 0) is 10.0 Å². The number of hydrogen-bond donors (Lipinski definition) is 2. The Kier molecular flexibility index (Phi) is 4.38. The molecule has 20 heavy (non-hydrogen) atoms. The van der Waals surface area contributed by atoms with Crippen molar-refractivity contribution in [3.63, 3.8) is 0 Å². The first-order valence-corrected chi connectivity index (χ1v) is 8.08. The number of nitrogens with zero attached hydrogens (tertiary/aromatic N) is 2. The lowest BCUT2D eigenvalue weighted by Crippen LogP contribution is -2.14. The molecule has 0 aliphatic heterocycles. The Morgan fingerprint density at radius 3 is 2.60 bits per heavy atom. The van der Waals surface area contributed by atoms with Crippen LogP contribution in [0.25, 0.3) is 0 Å².